The lowest BCUT2D eigenvalue weighted by Gasteiger charge is -2.32. The van der Waals surface area contributed by atoms with E-state index in [-0.39, 0.29) is 0 Å². The summed E-state index contributed by atoms with van der Waals surface area (Å²) in [5, 5.41) is 15.5. The van der Waals surface area contributed by atoms with Gasteiger partial charge in [0.1, 0.15) is 6.26 Å². The number of hydrogen-bond donors (Lipinski definition) is 0. The van der Waals surface area contributed by atoms with Crippen molar-refractivity contribution in [2.75, 3.05) is 27.2 Å². The molecule has 126 valence electrons. The van der Waals surface area contributed by atoms with Crippen LogP contribution in [0.15, 0.2) is 16.9 Å². The van der Waals surface area contributed by atoms with Crippen LogP contribution >= 0.6 is 0 Å². The third-order valence-electron chi connectivity index (χ3n) is 3.99. The number of piperidine rings is 1. The Morgan fingerprint density at radius 3 is 2.70 bits per heavy atom. The molecule has 0 amide bonds. The summed E-state index contributed by atoms with van der Waals surface area (Å²) in [6.45, 7) is 1.64. The standard InChI is InChI=1S/C12H19N7O3S/c1-17(2)23(20,21)18-6-3-10(4-7-18)9-19-12(13-15-16-19)11-5-8-22-14-11/h5,8,10H,3-4,6-7,9H2,1-2H3. The Balaban J connectivity index is 1.63. The average Bonchev–Trinajstić information content (AvgIpc) is 3.18. The predicted molar refractivity (Wildman–Crippen MR) is 80.2 cm³/mol. The Kier molecular flexibility index (Phi) is 4.41. The van der Waals surface area contributed by atoms with Crippen LogP contribution in [0.1, 0.15) is 12.8 Å². The van der Waals surface area contributed by atoms with Gasteiger partial charge in [0.15, 0.2) is 5.69 Å². The monoisotopic (exact) mass is 341 g/mol. The lowest BCUT2D eigenvalue weighted by atomic mass is 9.98. The van der Waals surface area contributed by atoms with Crippen LogP contribution in [0.2, 0.25) is 0 Å². The minimum Gasteiger partial charge on any atom is -0.364 e. The van der Waals surface area contributed by atoms with Gasteiger partial charge in [-0.3, -0.25) is 0 Å². The van der Waals surface area contributed by atoms with Crippen molar-refractivity contribution in [1.82, 2.24) is 34.0 Å². The molecule has 23 heavy (non-hydrogen) atoms. The number of tetrazole rings is 1. The maximum Gasteiger partial charge on any atom is 0.281 e. The average molecular weight is 341 g/mol. The molecule has 0 aromatic carbocycles. The quantitative estimate of drug-likeness (QED) is 0.743. The van der Waals surface area contributed by atoms with Gasteiger partial charge in [-0.25, -0.2) is 4.68 Å². The normalized spacial score (nSPS) is 17.9. The van der Waals surface area contributed by atoms with Crippen LogP contribution in [-0.4, -0.2) is 69.6 Å². The van der Waals surface area contributed by atoms with Gasteiger partial charge in [0, 0.05) is 39.8 Å². The Bertz CT molecular complexity index is 733. The lowest BCUT2D eigenvalue weighted by molar-refractivity contribution is 0.238. The van der Waals surface area contributed by atoms with Crippen LogP contribution in [0.5, 0.6) is 0 Å². The maximum atomic E-state index is 12.1. The van der Waals surface area contributed by atoms with E-state index in [1.54, 1.807) is 24.8 Å². The molecule has 3 heterocycles. The van der Waals surface area contributed by atoms with Crippen molar-refractivity contribution in [2.45, 2.75) is 19.4 Å². The van der Waals surface area contributed by atoms with Gasteiger partial charge in [0.25, 0.3) is 10.2 Å². The molecule has 0 bridgehead atoms. The van der Waals surface area contributed by atoms with Crippen molar-refractivity contribution >= 4 is 10.2 Å². The fourth-order valence-corrected chi connectivity index (χ4v) is 3.77. The van der Waals surface area contributed by atoms with Crippen molar-refractivity contribution in [2.24, 2.45) is 5.92 Å². The first-order valence-electron chi connectivity index (χ1n) is 7.33. The van der Waals surface area contributed by atoms with E-state index in [1.165, 1.54) is 14.9 Å². The highest BCUT2D eigenvalue weighted by molar-refractivity contribution is 7.86. The zero-order chi connectivity index (χ0) is 16.4. The van der Waals surface area contributed by atoms with Gasteiger partial charge >= 0.3 is 0 Å². The fraction of sp³-hybridized carbons (Fsp3) is 0.667. The smallest absolute Gasteiger partial charge is 0.281 e. The molecule has 0 atom stereocenters. The van der Waals surface area contributed by atoms with E-state index in [0.29, 0.717) is 37.1 Å². The second-order valence-electron chi connectivity index (χ2n) is 5.70. The first-order chi connectivity index (χ1) is 11.0. The molecule has 2 aromatic rings. The number of nitrogens with zero attached hydrogens (tertiary/aromatic N) is 7. The Hall–Kier alpha value is -1.85. The molecule has 2 aromatic heterocycles. The molecule has 1 aliphatic rings. The van der Waals surface area contributed by atoms with E-state index in [4.69, 9.17) is 4.52 Å². The number of aromatic nitrogens is 5. The summed E-state index contributed by atoms with van der Waals surface area (Å²) < 4.78 is 33.5. The Labute approximate surface area is 134 Å². The molecular weight excluding hydrogens is 322 g/mol. The van der Waals surface area contributed by atoms with E-state index in [2.05, 4.69) is 20.7 Å². The van der Waals surface area contributed by atoms with Gasteiger partial charge in [-0.1, -0.05) is 5.16 Å². The number of rotatable bonds is 5. The zero-order valence-electron chi connectivity index (χ0n) is 13.0. The molecule has 11 heteroatoms. The summed E-state index contributed by atoms with van der Waals surface area (Å²) in [4.78, 5) is 0. The first kappa shape index (κ1) is 16.0. The molecule has 0 N–H and O–H groups in total. The summed E-state index contributed by atoms with van der Waals surface area (Å²) in [6.07, 6.45) is 3.01. The maximum absolute atomic E-state index is 12.1. The highest BCUT2D eigenvalue weighted by Gasteiger charge is 2.30. The summed E-state index contributed by atoms with van der Waals surface area (Å²) in [5.74, 6) is 0.875. The molecule has 0 unspecified atom stereocenters. The van der Waals surface area contributed by atoms with E-state index < -0.39 is 10.2 Å². The summed E-state index contributed by atoms with van der Waals surface area (Å²) in [6, 6.07) is 1.70. The summed E-state index contributed by atoms with van der Waals surface area (Å²) in [7, 11) is -0.235. The molecule has 1 fully saturated rings. The van der Waals surface area contributed by atoms with Gasteiger partial charge in [-0.05, 0) is 29.2 Å². The highest BCUT2D eigenvalue weighted by atomic mass is 32.2. The van der Waals surface area contributed by atoms with Crippen molar-refractivity contribution in [3.05, 3.63) is 12.3 Å². The molecule has 0 spiro atoms. The van der Waals surface area contributed by atoms with Crippen LogP contribution in [-0.2, 0) is 16.8 Å². The van der Waals surface area contributed by atoms with E-state index >= 15 is 0 Å². The molecule has 1 aliphatic heterocycles. The van der Waals surface area contributed by atoms with Gasteiger partial charge in [-0.2, -0.15) is 17.0 Å². The van der Waals surface area contributed by atoms with Gasteiger partial charge in [0.05, 0.1) is 0 Å². The highest BCUT2D eigenvalue weighted by Crippen LogP contribution is 2.23. The van der Waals surface area contributed by atoms with Crippen LogP contribution in [0.3, 0.4) is 0 Å². The summed E-state index contributed by atoms with van der Waals surface area (Å²) >= 11 is 0. The second kappa shape index (κ2) is 6.34. The molecule has 1 saturated heterocycles. The predicted octanol–water partition coefficient (Wildman–Crippen LogP) is -0.153. The minimum atomic E-state index is -3.33. The molecular formula is C12H19N7O3S. The minimum absolute atomic E-state index is 0.317. The Morgan fingerprint density at radius 2 is 2.09 bits per heavy atom. The zero-order valence-corrected chi connectivity index (χ0v) is 13.8. The molecule has 3 rings (SSSR count). The third-order valence-corrected chi connectivity index (χ3v) is 5.93. The van der Waals surface area contributed by atoms with E-state index in [0.717, 1.165) is 12.8 Å². The molecule has 0 saturated carbocycles. The van der Waals surface area contributed by atoms with Crippen LogP contribution < -0.4 is 0 Å². The van der Waals surface area contributed by atoms with Gasteiger partial charge in [-0.15, -0.1) is 5.10 Å². The van der Waals surface area contributed by atoms with Gasteiger partial charge in [0.2, 0.25) is 5.82 Å². The Morgan fingerprint density at radius 1 is 1.35 bits per heavy atom. The van der Waals surface area contributed by atoms with Gasteiger partial charge < -0.3 is 4.52 Å². The van der Waals surface area contributed by atoms with Crippen molar-refractivity contribution in [1.29, 1.82) is 0 Å². The fourth-order valence-electron chi connectivity index (χ4n) is 2.64. The first-order valence-corrected chi connectivity index (χ1v) is 8.72. The van der Waals surface area contributed by atoms with Crippen molar-refractivity contribution in [3.8, 4) is 11.5 Å². The van der Waals surface area contributed by atoms with E-state index in [9.17, 15) is 8.42 Å². The largest absolute Gasteiger partial charge is 0.364 e. The lowest BCUT2D eigenvalue weighted by Crippen LogP contribution is -2.44. The molecule has 10 nitrogen and oxygen atoms in total. The van der Waals surface area contributed by atoms with Crippen LogP contribution in [0.4, 0.5) is 0 Å². The van der Waals surface area contributed by atoms with Crippen LogP contribution in [0, 0.1) is 5.92 Å². The summed E-state index contributed by atoms with van der Waals surface area (Å²) in [5.41, 5.74) is 0.586. The van der Waals surface area contributed by atoms with Crippen molar-refractivity contribution < 1.29 is 12.9 Å². The third kappa shape index (κ3) is 3.26. The van der Waals surface area contributed by atoms with E-state index in [1.807, 2.05) is 0 Å². The molecule has 0 aliphatic carbocycles. The number of hydrogen-bond acceptors (Lipinski definition) is 7. The SMILES string of the molecule is CN(C)S(=O)(=O)N1CCC(Cn2nnnc2-c2ccon2)CC1. The topological polar surface area (TPSA) is 110 Å². The van der Waals surface area contributed by atoms with Crippen LogP contribution in [0.25, 0.3) is 11.5 Å². The van der Waals surface area contributed by atoms with Crippen molar-refractivity contribution in [3.63, 3.8) is 0 Å². The second-order valence-corrected chi connectivity index (χ2v) is 7.84. The molecule has 0 radical (unpaired) electrons.